The normalized spacial score (nSPS) is 16.5. The number of aliphatic hydroxyl groups excluding tert-OH is 1. The molecule has 160 valence electrons. The molecule has 8 heteroatoms. The molecule has 0 amide bonds. The first-order chi connectivity index (χ1) is 15.2. The Balaban J connectivity index is 1.50. The van der Waals surface area contributed by atoms with E-state index in [-0.39, 0.29) is 12.7 Å². The monoisotopic (exact) mass is 419 g/mol. The average Bonchev–Trinajstić information content (AvgIpc) is 2.81. The maximum absolute atomic E-state index is 9.62. The van der Waals surface area contributed by atoms with Crippen LogP contribution >= 0.6 is 0 Å². The molecule has 1 fully saturated rings. The van der Waals surface area contributed by atoms with Crippen LogP contribution in [0.5, 0.6) is 5.75 Å². The maximum atomic E-state index is 9.62. The molecule has 2 aromatic rings. The summed E-state index contributed by atoms with van der Waals surface area (Å²) < 4.78 is 11.4. The lowest BCUT2D eigenvalue weighted by Gasteiger charge is -2.23. The van der Waals surface area contributed by atoms with E-state index in [1.807, 2.05) is 41.5 Å². The summed E-state index contributed by atoms with van der Waals surface area (Å²) in [5.74, 6) is 1.05. The molecule has 0 spiro atoms. The van der Waals surface area contributed by atoms with E-state index in [1.54, 1.807) is 12.3 Å². The van der Waals surface area contributed by atoms with Crippen molar-refractivity contribution >= 4 is 5.95 Å². The highest BCUT2D eigenvalue weighted by Gasteiger charge is 2.17. The zero-order chi connectivity index (χ0) is 21.5. The van der Waals surface area contributed by atoms with Crippen LogP contribution in [0.1, 0.15) is 18.4 Å². The van der Waals surface area contributed by atoms with Crippen molar-refractivity contribution in [3.63, 3.8) is 0 Å². The van der Waals surface area contributed by atoms with Gasteiger partial charge in [0.05, 0.1) is 36.8 Å². The van der Waals surface area contributed by atoms with Crippen LogP contribution in [0, 0.1) is 11.3 Å². The van der Waals surface area contributed by atoms with Gasteiger partial charge in [-0.05, 0) is 30.3 Å². The van der Waals surface area contributed by atoms with Crippen LogP contribution in [0.3, 0.4) is 0 Å². The Hall–Kier alpha value is -3.41. The third-order valence-corrected chi connectivity index (χ3v) is 5.12. The Morgan fingerprint density at radius 2 is 2.16 bits per heavy atom. The molecule has 0 unspecified atom stereocenters. The predicted octanol–water partition coefficient (Wildman–Crippen LogP) is 2.69. The van der Waals surface area contributed by atoms with Crippen molar-refractivity contribution in [3.05, 3.63) is 60.1 Å². The standard InChI is InChI=1S/C23H25N5O3/c24-15-18-14-17(3-4-22(18)31-20-6-12-30-13-7-20)21-5-8-25-23(27-21)26-19-2-1-9-28(16-19)10-11-29/h1-5,8,14,16,20,29H,6-7,9-13H2,(H,25,26,27). The van der Waals surface area contributed by atoms with E-state index in [2.05, 4.69) is 21.4 Å². The second kappa shape index (κ2) is 10.1. The van der Waals surface area contributed by atoms with Crippen molar-refractivity contribution in [3.8, 4) is 23.1 Å². The molecule has 2 aliphatic heterocycles. The van der Waals surface area contributed by atoms with Gasteiger partial charge in [0.2, 0.25) is 5.95 Å². The van der Waals surface area contributed by atoms with Crippen LogP contribution in [0.15, 0.2) is 54.5 Å². The fraction of sp³-hybridized carbons (Fsp3) is 0.348. The largest absolute Gasteiger partial charge is 0.489 e. The molecule has 0 atom stereocenters. The number of anilines is 1. The summed E-state index contributed by atoms with van der Waals surface area (Å²) in [6.07, 6.45) is 9.31. The molecule has 0 bridgehead atoms. The summed E-state index contributed by atoms with van der Waals surface area (Å²) in [6, 6.07) is 9.58. The summed E-state index contributed by atoms with van der Waals surface area (Å²) in [6.45, 7) is 2.79. The molecular weight excluding hydrogens is 394 g/mol. The van der Waals surface area contributed by atoms with E-state index in [0.717, 1.165) is 30.6 Å². The highest BCUT2D eigenvalue weighted by Crippen LogP contribution is 2.28. The third-order valence-electron chi connectivity index (χ3n) is 5.12. The molecule has 31 heavy (non-hydrogen) atoms. The highest BCUT2D eigenvalue weighted by atomic mass is 16.5. The summed E-state index contributed by atoms with van der Waals surface area (Å²) in [5.41, 5.74) is 2.85. The van der Waals surface area contributed by atoms with E-state index >= 15 is 0 Å². The SMILES string of the molecule is N#Cc1cc(-c2ccnc(NC3=CN(CCO)CC=C3)n2)ccc1OC1CCOCC1. The molecule has 2 N–H and O–H groups in total. The lowest BCUT2D eigenvalue weighted by Crippen LogP contribution is -2.26. The molecule has 4 rings (SSSR count). The summed E-state index contributed by atoms with van der Waals surface area (Å²) >= 11 is 0. The second-order valence-corrected chi connectivity index (χ2v) is 7.35. The smallest absolute Gasteiger partial charge is 0.227 e. The van der Waals surface area contributed by atoms with Crippen molar-refractivity contribution in [1.82, 2.24) is 14.9 Å². The fourth-order valence-corrected chi connectivity index (χ4v) is 3.53. The average molecular weight is 419 g/mol. The van der Waals surface area contributed by atoms with Crippen molar-refractivity contribution in [1.29, 1.82) is 5.26 Å². The molecule has 0 saturated carbocycles. The first kappa shape index (κ1) is 20.8. The molecule has 8 nitrogen and oxygen atoms in total. The van der Waals surface area contributed by atoms with Crippen molar-refractivity contribution in [2.24, 2.45) is 0 Å². The predicted molar refractivity (Wildman–Crippen MR) is 116 cm³/mol. The van der Waals surface area contributed by atoms with E-state index in [0.29, 0.717) is 42.7 Å². The van der Waals surface area contributed by atoms with Crippen LogP contribution in [0.4, 0.5) is 5.95 Å². The number of nitriles is 1. The van der Waals surface area contributed by atoms with Crippen LogP contribution in [-0.4, -0.2) is 59.0 Å². The molecule has 2 aliphatic rings. The first-order valence-corrected chi connectivity index (χ1v) is 10.4. The second-order valence-electron chi connectivity index (χ2n) is 7.35. The van der Waals surface area contributed by atoms with E-state index in [4.69, 9.17) is 14.6 Å². The van der Waals surface area contributed by atoms with Gasteiger partial charge >= 0.3 is 0 Å². The van der Waals surface area contributed by atoms with Crippen LogP contribution in [-0.2, 0) is 4.74 Å². The number of hydrogen-bond acceptors (Lipinski definition) is 8. The quantitative estimate of drug-likeness (QED) is 0.706. The van der Waals surface area contributed by atoms with Gasteiger partial charge < -0.3 is 24.8 Å². The topological polar surface area (TPSA) is 104 Å². The minimum Gasteiger partial charge on any atom is -0.489 e. The first-order valence-electron chi connectivity index (χ1n) is 10.4. The van der Waals surface area contributed by atoms with Crippen molar-refractivity contribution in [2.75, 3.05) is 38.2 Å². The number of hydrogen-bond donors (Lipinski definition) is 2. The van der Waals surface area contributed by atoms with Gasteiger partial charge in [0.1, 0.15) is 17.9 Å². The number of aromatic nitrogens is 2. The van der Waals surface area contributed by atoms with Gasteiger partial charge in [0, 0.05) is 43.9 Å². The molecule has 0 radical (unpaired) electrons. The number of ether oxygens (including phenoxy) is 2. The van der Waals surface area contributed by atoms with Gasteiger partial charge in [-0.3, -0.25) is 0 Å². The zero-order valence-electron chi connectivity index (χ0n) is 17.2. The zero-order valence-corrected chi connectivity index (χ0v) is 17.2. The third kappa shape index (κ3) is 5.40. The minimum absolute atomic E-state index is 0.0729. The van der Waals surface area contributed by atoms with E-state index < -0.39 is 0 Å². The molecule has 1 saturated heterocycles. The van der Waals surface area contributed by atoms with Gasteiger partial charge in [-0.2, -0.15) is 5.26 Å². The molecular formula is C23H25N5O3. The van der Waals surface area contributed by atoms with Crippen LogP contribution in [0.2, 0.25) is 0 Å². The summed E-state index contributed by atoms with van der Waals surface area (Å²) in [5, 5.41) is 22.0. The Morgan fingerprint density at radius 1 is 1.29 bits per heavy atom. The number of benzene rings is 1. The fourth-order valence-electron chi connectivity index (χ4n) is 3.53. The Morgan fingerprint density at radius 3 is 2.97 bits per heavy atom. The number of allylic oxidation sites excluding steroid dienone is 1. The molecule has 3 heterocycles. The van der Waals surface area contributed by atoms with Crippen LogP contribution in [0.25, 0.3) is 11.3 Å². The Labute approximate surface area is 181 Å². The van der Waals surface area contributed by atoms with Gasteiger partial charge in [-0.15, -0.1) is 0 Å². The number of β-amino-alcohol motifs (C(OH)–C–C–N with tert-alkyl or cyclic N) is 1. The van der Waals surface area contributed by atoms with Gasteiger partial charge in [-0.1, -0.05) is 6.08 Å². The maximum Gasteiger partial charge on any atom is 0.227 e. The van der Waals surface area contributed by atoms with Gasteiger partial charge in [-0.25, -0.2) is 9.97 Å². The molecule has 1 aromatic heterocycles. The number of nitrogens with one attached hydrogen (secondary N) is 1. The van der Waals surface area contributed by atoms with E-state index in [1.165, 1.54) is 0 Å². The number of aliphatic hydroxyl groups is 1. The minimum atomic E-state index is 0.0729. The number of nitrogens with zero attached hydrogens (tertiary/aromatic N) is 4. The van der Waals surface area contributed by atoms with Gasteiger partial charge in [0.25, 0.3) is 0 Å². The summed E-state index contributed by atoms with van der Waals surface area (Å²) in [7, 11) is 0. The van der Waals surface area contributed by atoms with E-state index in [9.17, 15) is 5.26 Å². The molecule has 1 aromatic carbocycles. The highest BCUT2D eigenvalue weighted by molar-refractivity contribution is 5.65. The van der Waals surface area contributed by atoms with Crippen LogP contribution < -0.4 is 10.1 Å². The Kier molecular flexibility index (Phi) is 6.77. The molecule has 0 aliphatic carbocycles. The lowest BCUT2D eigenvalue weighted by atomic mass is 10.1. The number of rotatable bonds is 7. The Bertz CT molecular complexity index is 1010. The summed E-state index contributed by atoms with van der Waals surface area (Å²) in [4.78, 5) is 10.9. The van der Waals surface area contributed by atoms with Crippen molar-refractivity contribution in [2.45, 2.75) is 18.9 Å². The van der Waals surface area contributed by atoms with Crippen molar-refractivity contribution < 1.29 is 14.6 Å². The van der Waals surface area contributed by atoms with Gasteiger partial charge in [0.15, 0.2) is 0 Å². The lowest BCUT2D eigenvalue weighted by molar-refractivity contribution is 0.0254.